The number of nitrogens with one attached hydrogen (secondary N) is 1. The fraction of sp³-hybridized carbons (Fsp3) is 0.300. The zero-order valence-corrected chi connectivity index (χ0v) is 9.47. The summed E-state index contributed by atoms with van der Waals surface area (Å²) >= 11 is 0. The fourth-order valence-electron chi connectivity index (χ4n) is 1.24. The normalized spacial score (nSPS) is 12.0. The number of hydrogen-bond donors (Lipinski definition) is 3. The number of benzene rings is 1. The molecule has 0 aromatic heterocycles. The summed E-state index contributed by atoms with van der Waals surface area (Å²) in [4.78, 5) is 20.8. The topological polar surface area (TPSA) is 113 Å². The molecule has 1 rings (SSSR count). The van der Waals surface area contributed by atoms with Crippen molar-refractivity contribution >= 4 is 11.6 Å². The standard InChI is InChI=1S/C10H10F2N2O5/c11-5-1-7(9(12)8(2-5)14(18)19)10(17)13-3-6(16)4-15/h1-2,6,15-16H,3-4H2,(H,13,17). The van der Waals surface area contributed by atoms with Gasteiger partial charge in [0.25, 0.3) is 5.91 Å². The van der Waals surface area contributed by atoms with E-state index in [1.807, 2.05) is 5.32 Å². The Morgan fingerprint density at radius 2 is 2.11 bits per heavy atom. The van der Waals surface area contributed by atoms with Crippen LogP contribution in [0.25, 0.3) is 0 Å². The molecular weight excluding hydrogens is 266 g/mol. The van der Waals surface area contributed by atoms with Gasteiger partial charge in [-0.05, 0) is 6.07 Å². The predicted octanol–water partition coefficient (Wildman–Crippen LogP) is -0.0440. The summed E-state index contributed by atoms with van der Waals surface area (Å²) < 4.78 is 26.6. The maximum atomic E-state index is 13.6. The van der Waals surface area contributed by atoms with Gasteiger partial charge in [0.1, 0.15) is 5.82 Å². The third-order valence-electron chi connectivity index (χ3n) is 2.17. The van der Waals surface area contributed by atoms with E-state index in [0.717, 1.165) is 0 Å². The second-order valence-electron chi connectivity index (χ2n) is 3.59. The lowest BCUT2D eigenvalue weighted by Gasteiger charge is -2.09. The van der Waals surface area contributed by atoms with Gasteiger partial charge < -0.3 is 15.5 Å². The van der Waals surface area contributed by atoms with Crippen LogP contribution in [0.5, 0.6) is 0 Å². The summed E-state index contributed by atoms with van der Waals surface area (Å²) in [6.07, 6.45) is -1.27. The van der Waals surface area contributed by atoms with Crippen LogP contribution in [0.2, 0.25) is 0 Å². The summed E-state index contributed by atoms with van der Waals surface area (Å²) in [5, 5.41) is 29.9. The minimum Gasteiger partial charge on any atom is -0.394 e. The van der Waals surface area contributed by atoms with Crippen molar-refractivity contribution in [2.24, 2.45) is 0 Å². The van der Waals surface area contributed by atoms with E-state index in [1.54, 1.807) is 0 Å². The molecule has 104 valence electrons. The van der Waals surface area contributed by atoms with E-state index in [1.165, 1.54) is 0 Å². The maximum absolute atomic E-state index is 13.6. The van der Waals surface area contributed by atoms with E-state index in [2.05, 4.69) is 0 Å². The molecule has 0 spiro atoms. The number of aliphatic hydroxyl groups is 2. The Labute approximate surface area is 105 Å². The van der Waals surface area contributed by atoms with Crippen LogP contribution in [0, 0.1) is 21.7 Å². The van der Waals surface area contributed by atoms with E-state index in [-0.39, 0.29) is 0 Å². The number of nitro benzene ring substituents is 1. The van der Waals surface area contributed by atoms with Crippen LogP contribution in [-0.4, -0.2) is 40.3 Å². The molecule has 1 amide bonds. The molecule has 0 heterocycles. The summed E-state index contributed by atoms with van der Waals surface area (Å²) in [6, 6.07) is 0.859. The Bertz CT molecular complexity index is 509. The largest absolute Gasteiger partial charge is 0.394 e. The average molecular weight is 276 g/mol. The van der Waals surface area contributed by atoms with E-state index in [4.69, 9.17) is 10.2 Å². The molecule has 0 bridgehead atoms. The molecule has 7 nitrogen and oxygen atoms in total. The highest BCUT2D eigenvalue weighted by atomic mass is 19.1. The van der Waals surface area contributed by atoms with Crippen LogP contribution < -0.4 is 5.32 Å². The summed E-state index contributed by atoms with van der Waals surface area (Å²) in [5.41, 5.74) is -2.01. The van der Waals surface area contributed by atoms with Gasteiger partial charge in [-0.2, -0.15) is 4.39 Å². The molecule has 1 aromatic carbocycles. The first-order valence-corrected chi connectivity index (χ1v) is 5.07. The second-order valence-corrected chi connectivity index (χ2v) is 3.59. The summed E-state index contributed by atoms with van der Waals surface area (Å²) in [7, 11) is 0. The lowest BCUT2D eigenvalue weighted by molar-refractivity contribution is -0.387. The van der Waals surface area contributed by atoms with E-state index >= 15 is 0 Å². The molecule has 3 N–H and O–H groups in total. The van der Waals surface area contributed by atoms with Gasteiger partial charge in [0.05, 0.1) is 29.3 Å². The first-order valence-electron chi connectivity index (χ1n) is 5.07. The van der Waals surface area contributed by atoms with Crippen molar-refractivity contribution in [3.05, 3.63) is 39.4 Å². The van der Waals surface area contributed by atoms with Gasteiger partial charge in [0, 0.05) is 6.54 Å². The molecule has 0 saturated carbocycles. The zero-order valence-electron chi connectivity index (χ0n) is 9.47. The van der Waals surface area contributed by atoms with Crippen molar-refractivity contribution in [3.63, 3.8) is 0 Å². The van der Waals surface area contributed by atoms with E-state index in [0.29, 0.717) is 12.1 Å². The Morgan fingerprint density at radius 1 is 1.47 bits per heavy atom. The molecular formula is C10H10F2N2O5. The number of halogens is 2. The number of amides is 1. The maximum Gasteiger partial charge on any atom is 0.308 e. The summed E-state index contributed by atoms with van der Waals surface area (Å²) in [6.45, 7) is -1.04. The van der Waals surface area contributed by atoms with Gasteiger partial charge in [-0.1, -0.05) is 0 Å². The zero-order chi connectivity index (χ0) is 14.6. The molecule has 0 aliphatic heterocycles. The molecule has 0 saturated heterocycles. The van der Waals surface area contributed by atoms with Crippen LogP contribution in [0.3, 0.4) is 0 Å². The lowest BCUT2D eigenvalue weighted by Crippen LogP contribution is -2.34. The van der Waals surface area contributed by atoms with Gasteiger partial charge in [-0.25, -0.2) is 4.39 Å². The third kappa shape index (κ3) is 3.66. The quantitative estimate of drug-likeness (QED) is 0.515. The first kappa shape index (κ1) is 14.9. The fourth-order valence-corrected chi connectivity index (χ4v) is 1.24. The van der Waals surface area contributed by atoms with Crippen molar-refractivity contribution in [3.8, 4) is 0 Å². The average Bonchev–Trinajstić information content (AvgIpc) is 2.37. The highest BCUT2D eigenvalue weighted by Gasteiger charge is 2.24. The Balaban J connectivity index is 3.00. The van der Waals surface area contributed by atoms with E-state index in [9.17, 15) is 23.7 Å². The Kier molecular flexibility index (Phi) is 4.84. The molecule has 1 aromatic rings. The number of rotatable bonds is 5. The molecule has 0 aliphatic carbocycles. The van der Waals surface area contributed by atoms with Crippen LogP contribution in [-0.2, 0) is 0 Å². The van der Waals surface area contributed by atoms with Crippen molar-refractivity contribution in [2.45, 2.75) is 6.10 Å². The summed E-state index contributed by atoms with van der Waals surface area (Å²) in [5.74, 6) is -3.74. The minimum atomic E-state index is -1.47. The number of carbonyl (C=O) groups excluding carboxylic acids is 1. The van der Waals surface area contributed by atoms with Crippen LogP contribution in [0.15, 0.2) is 12.1 Å². The SMILES string of the molecule is O=C(NCC(O)CO)c1cc(F)cc([N+](=O)[O-])c1F. The molecule has 1 unspecified atom stereocenters. The predicted molar refractivity (Wildman–Crippen MR) is 58.4 cm³/mol. The number of carbonyl (C=O) groups is 1. The number of nitro groups is 1. The Morgan fingerprint density at radius 3 is 2.63 bits per heavy atom. The van der Waals surface area contributed by atoms with Crippen molar-refractivity contribution in [2.75, 3.05) is 13.2 Å². The highest BCUT2D eigenvalue weighted by Crippen LogP contribution is 2.22. The molecule has 9 heteroatoms. The molecule has 0 radical (unpaired) electrons. The van der Waals surface area contributed by atoms with E-state index < -0.39 is 53.0 Å². The first-order chi connectivity index (χ1) is 8.86. The van der Waals surface area contributed by atoms with Crippen molar-refractivity contribution in [1.29, 1.82) is 0 Å². The van der Waals surface area contributed by atoms with Crippen LogP contribution >= 0.6 is 0 Å². The minimum absolute atomic E-state index is 0.356. The lowest BCUT2D eigenvalue weighted by atomic mass is 10.1. The van der Waals surface area contributed by atoms with Crippen LogP contribution in [0.4, 0.5) is 14.5 Å². The van der Waals surface area contributed by atoms with Gasteiger partial charge in [-0.3, -0.25) is 14.9 Å². The monoisotopic (exact) mass is 276 g/mol. The molecule has 19 heavy (non-hydrogen) atoms. The molecule has 1 atom stereocenters. The number of hydrogen-bond acceptors (Lipinski definition) is 5. The molecule has 0 aliphatic rings. The smallest absolute Gasteiger partial charge is 0.308 e. The number of nitrogens with zero attached hydrogens (tertiary/aromatic N) is 1. The third-order valence-corrected chi connectivity index (χ3v) is 2.17. The van der Waals surface area contributed by atoms with Crippen molar-refractivity contribution in [1.82, 2.24) is 5.32 Å². The highest BCUT2D eigenvalue weighted by molar-refractivity contribution is 5.95. The van der Waals surface area contributed by atoms with Gasteiger partial charge in [0.2, 0.25) is 5.82 Å². The Hall–Kier alpha value is -2.13. The molecule has 0 fully saturated rings. The van der Waals surface area contributed by atoms with Crippen LogP contribution in [0.1, 0.15) is 10.4 Å². The number of aliphatic hydroxyl groups excluding tert-OH is 2. The second kappa shape index (κ2) is 6.16. The van der Waals surface area contributed by atoms with Gasteiger partial charge >= 0.3 is 5.69 Å². The van der Waals surface area contributed by atoms with Gasteiger partial charge in [0.15, 0.2) is 0 Å². The van der Waals surface area contributed by atoms with Gasteiger partial charge in [-0.15, -0.1) is 0 Å². The van der Waals surface area contributed by atoms with Crippen molar-refractivity contribution < 1.29 is 28.7 Å².